The first-order chi connectivity index (χ1) is 16.9. The molecule has 2 nitrogen and oxygen atoms in total. The summed E-state index contributed by atoms with van der Waals surface area (Å²) in [6, 6.07) is 31.9. The Labute approximate surface area is 201 Å². The van der Waals surface area contributed by atoms with Crippen LogP contribution in [-0.4, -0.2) is 14.5 Å². The predicted molar refractivity (Wildman–Crippen MR) is 124 cm³/mol. The molecule has 0 atom stereocenters. The van der Waals surface area contributed by atoms with Crippen LogP contribution in [0.3, 0.4) is 0 Å². The maximum absolute atomic E-state index is 9.75. The first kappa shape index (κ1) is 26.7. The van der Waals surface area contributed by atoms with Gasteiger partial charge < -0.3 is 34.5 Å². The van der Waals surface area contributed by atoms with Crippen molar-refractivity contribution in [2.75, 3.05) is 0 Å². The van der Waals surface area contributed by atoms with Crippen LogP contribution >= 0.6 is 0 Å². The highest BCUT2D eigenvalue weighted by atomic mass is 19.5. The van der Waals surface area contributed by atoms with Crippen LogP contribution in [0.2, 0.25) is 0 Å². The van der Waals surface area contributed by atoms with Gasteiger partial charge in [0.15, 0.2) is 12.4 Å². The molecule has 0 aliphatic carbocycles. The highest BCUT2D eigenvalue weighted by molar-refractivity contribution is 6.50. The van der Waals surface area contributed by atoms with E-state index in [1.165, 1.54) is 33.4 Å². The van der Waals surface area contributed by atoms with E-state index in [4.69, 9.17) is 0 Å². The fraction of sp³-hybridized carbons (Fsp3) is 0. The highest BCUT2D eigenvalue weighted by Gasteiger charge is 2.22. The van der Waals surface area contributed by atoms with Crippen molar-refractivity contribution in [1.29, 1.82) is 0 Å². The number of nitrogens with zero attached hydrogens (tertiary/aromatic N) is 2. The summed E-state index contributed by atoms with van der Waals surface area (Å²) in [6.45, 7) is 0. The second kappa shape index (κ2) is 11.2. The van der Waals surface area contributed by atoms with Crippen LogP contribution in [0.5, 0.6) is 0 Å². The average molecular weight is 508 g/mol. The van der Waals surface area contributed by atoms with Crippen LogP contribution < -0.4 is 8.80 Å². The van der Waals surface area contributed by atoms with Gasteiger partial charge in [0, 0.05) is 24.3 Å². The molecule has 0 amide bonds. The fourth-order valence-corrected chi connectivity index (χ4v) is 3.52. The van der Waals surface area contributed by atoms with Gasteiger partial charge in [-0.15, -0.1) is 4.40 Å². The fourth-order valence-electron chi connectivity index (χ4n) is 3.52. The van der Waals surface area contributed by atoms with Gasteiger partial charge in [0.1, 0.15) is 0 Å². The number of aromatic nitrogens is 2. The van der Waals surface area contributed by atoms with Crippen LogP contribution in [0.15, 0.2) is 110 Å². The molecule has 186 valence electrons. The topological polar surface area (TPSA) is 8.20 Å². The molecule has 3 aromatic heterocycles. The molecule has 0 aliphatic rings. The van der Waals surface area contributed by atoms with Gasteiger partial charge in [0.25, 0.3) is 16.7 Å². The molecule has 36 heavy (non-hydrogen) atoms. The lowest BCUT2D eigenvalue weighted by Gasteiger charge is -2.03. The van der Waals surface area contributed by atoms with Crippen molar-refractivity contribution in [2.24, 2.45) is 0 Å². The molecule has 0 aliphatic heterocycles. The van der Waals surface area contributed by atoms with E-state index in [1.807, 2.05) is 6.07 Å². The van der Waals surface area contributed by atoms with E-state index in [9.17, 15) is 34.5 Å². The Kier molecular flexibility index (Phi) is 8.29. The molecule has 0 saturated heterocycles. The standard InChI is InChI=1S/C24H18N2.2BF4/c1-2-8-19(9-3-1)20-12-14-21(15-13-20)24-18-25-16-6-4-10-22(25)23-11-5-7-17-26(23)24;2*2-1(3,4)5/h1-18H;;/q+2;2*-1. The van der Waals surface area contributed by atoms with E-state index in [2.05, 4.69) is 112 Å². The zero-order valence-electron chi connectivity index (χ0n) is 18.5. The molecule has 0 spiro atoms. The van der Waals surface area contributed by atoms with Gasteiger partial charge >= 0.3 is 14.5 Å². The van der Waals surface area contributed by atoms with Gasteiger partial charge in [-0.3, -0.25) is 0 Å². The molecule has 5 rings (SSSR count). The molecular formula is C24H18B2F8N2. The van der Waals surface area contributed by atoms with Crippen molar-refractivity contribution in [1.82, 2.24) is 0 Å². The lowest BCUT2D eigenvalue weighted by molar-refractivity contribution is -0.556. The monoisotopic (exact) mass is 508 g/mol. The Morgan fingerprint density at radius 2 is 0.889 bits per heavy atom. The number of hydrogen-bond acceptors (Lipinski definition) is 0. The SMILES string of the molecule is F[B-](F)(F)F.F[B-](F)(F)F.c1ccc(-c2ccc(-c3c[n+]4ccccc4c4cccc[n+]34)cc2)cc1. The third-order valence-corrected chi connectivity index (χ3v) is 4.82. The molecule has 0 saturated carbocycles. The van der Waals surface area contributed by atoms with Gasteiger partial charge in [-0.25, -0.2) is 0 Å². The number of hydrogen-bond donors (Lipinski definition) is 0. The van der Waals surface area contributed by atoms with Gasteiger partial charge in [-0.05, 0) is 35.4 Å². The summed E-state index contributed by atoms with van der Waals surface area (Å²) in [7, 11) is -12.0. The maximum Gasteiger partial charge on any atom is 0.673 e. The van der Waals surface area contributed by atoms with E-state index in [0.717, 1.165) is 0 Å². The van der Waals surface area contributed by atoms with Crippen molar-refractivity contribution < 1.29 is 43.3 Å². The molecule has 5 aromatic rings. The largest absolute Gasteiger partial charge is 0.673 e. The van der Waals surface area contributed by atoms with Gasteiger partial charge in [0.2, 0.25) is 6.20 Å². The molecule has 3 heterocycles. The predicted octanol–water partition coefficient (Wildman–Crippen LogP) is 7.10. The highest BCUT2D eigenvalue weighted by Crippen LogP contribution is 2.23. The molecule has 0 unspecified atom stereocenters. The number of rotatable bonds is 2. The van der Waals surface area contributed by atoms with E-state index < -0.39 is 14.5 Å². The average Bonchev–Trinajstić information content (AvgIpc) is 2.82. The van der Waals surface area contributed by atoms with E-state index in [1.54, 1.807) is 0 Å². The minimum atomic E-state index is -6.00. The molecule has 12 heteroatoms. The Bertz CT molecular complexity index is 1400. The van der Waals surface area contributed by atoms with Crippen molar-refractivity contribution in [2.45, 2.75) is 0 Å². The van der Waals surface area contributed by atoms with Gasteiger partial charge in [0.05, 0.1) is 5.56 Å². The van der Waals surface area contributed by atoms with Gasteiger partial charge in [-0.2, -0.15) is 4.40 Å². The van der Waals surface area contributed by atoms with Crippen LogP contribution in [0.25, 0.3) is 33.4 Å². The summed E-state index contributed by atoms with van der Waals surface area (Å²) in [4.78, 5) is 0. The Morgan fingerprint density at radius 1 is 0.444 bits per heavy atom. The number of benzene rings is 2. The Balaban J connectivity index is 0.000000310. The van der Waals surface area contributed by atoms with E-state index in [0.29, 0.717) is 0 Å². The molecule has 0 fully saturated rings. The third kappa shape index (κ3) is 8.07. The minimum Gasteiger partial charge on any atom is -0.418 e. The second-order valence-corrected chi connectivity index (χ2v) is 7.40. The molecule has 0 bridgehead atoms. The lowest BCUT2D eigenvalue weighted by atomic mass is 10.0. The first-order valence-corrected chi connectivity index (χ1v) is 10.5. The lowest BCUT2D eigenvalue weighted by Crippen LogP contribution is -2.33. The van der Waals surface area contributed by atoms with Crippen LogP contribution in [0.4, 0.5) is 34.5 Å². The number of pyridine rings is 2. The minimum absolute atomic E-state index is 1.17. The summed E-state index contributed by atoms with van der Waals surface area (Å²) in [5.41, 5.74) is 7.23. The second-order valence-electron chi connectivity index (χ2n) is 7.40. The van der Waals surface area contributed by atoms with Crippen molar-refractivity contribution in [3.63, 3.8) is 0 Å². The summed E-state index contributed by atoms with van der Waals surface area (Å²) in [5.74, 6) is 0. The molecule has 2 aromatic carbocycles. The number of halogens is 8. The van der Waals surface area contributed by atoms with Crippen molar-refractivity contribution in [3.05, 3.63) is 110 Å². The van der Waals surface area contributed by atoms with Crippen LogP contribution in [0, 0.1) is 0 Å². The zero-order valence-corrected chi connectivity index (χ0v) is 18.5. The Hall–Kier alpha value is -3.95. The first-order valence-electron chi connectivity index (χ1n) is 10.5. The summed E-state index contributed by atoms with van der Waals surface area (Å²) < 4.78 is 82.4. The quantitative estimate of drug-likeness (QED) is 0.104. The Morgan fingerprint density at radius 3 is 1.47 bits per heavy atom. The van der Waals surface area contributed by atoms with Gasteiger partial charge in [-0.1, -0.05) is 42.5 Å². The summed E-state index contributed by atoms with van der Waals surface area (Å²) >= 11 is 0. The summed E-state index contributed by atoms with van der Waals surface area (Å²) in [5, 5.41) is 0. The van der Waals surface area contributed by atoms with Crippen LogP contribution in [-0.2, 0) is 0 Å². The zero-order chi connectivity index (χ0) is 26.3. The van der Waals surface area contributed by atoms with Crippen molar-refractivity contribution >= 4 is 25.5 Å². The molecular weight excluding hydrogens is 490 g/mol. The van der Waals surface area contributed by atoms with E-state index in [-0.39, 0.29) is 0 Å². The molecule has 0 radical (unpaired) electrons. The number of fused-ring (bicyclic) bond motifs is 3. The molecule has 0 N–H and O–H groups in total. The van der Waals surface area contributed by atoms with E-state index >= 15 is 0 Å². The summed E-state index contributed by atoms with van der Waals surface area (Å²) in [6.07, 6.45) is 6.42. The smallest absolute Gasteiger partial charge is 0.418 e. The maximum atomic E-state index is 9.75. The third-order valence-electron chi connectivity index (χ3n) is 4.82. The van der Waals surface area contributed by atoms with Crippen LogP contribution in [0.1, 0.15) is 0 Å². The normalized spacial score (nSPS) is 11.3. The van der Waals surface area contributed by atoms with Crippen molar-refractivity contribution in [3.8, 4) is 22.4 Å².